The minimum absolute atomic E-state index is 0.0141. The molecule has 34 nitrogen and oxygen atoms in total. The van der Waals surface area contributed by atoms with E-state index in [1.165, 1.54) is 62.8 Å². The van der Waals surface area contributed by atoms with E-state index in [0.29, 0.717) is 133 Å². The van der Waals surface area contributed by atoms with Crippen molar-refractivity contribution in [3.05, 3.63) is 175 Å². The summed E-state index contributed by atoms with van der Waals surface area (Å²) in [5, 5.41) is 57.0. The SMILES string of the molecule is COc1c(N2CCNC(C)C2)c(F)cc2c(=O)c(C(=O)O)cn(C3CC3)c12.COc1c(N2C[C@@H](N)C3(CC3)C2)c(F)cc2c(=O)c(C(=O)O)cn([C@@H]3C[C@@H]3F)c12.COc1c(N2C[C@@H]3CCCN[C@@H]3C2)c(F)cc2c(=O)c(C(=O)O)cn(C3CC3)c12.C[C@H]1COc2c(N3CCN(C)CC3)c(F)cc3c(=O)c(C(=O)O)cn1c23.O=C(O)c1cn(C2CC2)c2cc(N3CCNCC3)c(F)cc2c1=O. The number of aromatic carboxylic acids is 5. The van der Waals surface area contributed by atoms with Crippen molar-refractivity contribution >= 4 is 113 Å². The number of anilines is 5. The van der Waals surface area contributed by atoms with Gasteiger partial charge in [0.1, 0.15) is 69.2 Å². The molecule has 40 heteroatoms. The summed E-state index contributed by atoms with van der Waals surface area (Å²) in [5.41, 5.74) is 4.86. The van der Waals surface area contributed by atoms with Crippen molar-refractivity contribution in [3.63, 3.8) is 0 Å². The Labute approximate surface area is 766 Å². The zero-order chi connectivity index (χ0) is 95.7. The Morgan fingerprint density at radius 1 is 0.459 bits per heavy atom. The Morgan fingerprint density at radius 2 is 0.889 bits per heavy atom. The van der Waals surface area contributed by atoms with Gasteiger partial charge in [0.15, 0.2) is 46.3 Å². The summed E-state index contributed by atoms with van der Waals surface area (Å²) in [7, 11) is 6.31. The number of hydrogen-bond acceptors (Lipinski definition) is 24. The molecule has 0 bridgehead atoms. The third kappa shape index (κ3) is 17.2. The Balaban J connectivity index is 0.000000113. The van der Waals surface area contributed by atoms with Crippen LogP contribution < -0.4 is 92.3 Å². The van der Waals surface area contributed by atoms with Gasteiger partial charge in [0, 0.05) is 183 Å². The summed E-state index contributed by atoms with van der Waals surface area (Å²) in [6.45, 7) is 15.4. The molecule has 716 valence electrons. The third-order valence-electron chi connectivity index (χ3n) is 28.3. The fourth-order valence-corrected chi connectivity index (χ4v) is 20.5. The topological polar surface area (TPSA) is 415 Å². The molecular formula is C95H105F6N15O19. The van der Waals surface area contributed by atoms with Gasteiger partial charge in [0.2, 0.25) is 27.1 Å². The number of rotatable bonds is 17. The van der Waals surface area contributed by atoms with Crippen molar-refractivity contribution in [1.29, 1.82) is 0 Å². The Kier molecular flexibility index (Phi) is 24.9. The number of nitrogens with two attached hydrogens (primary N) is 1. The zero-order valence-corrected chi connectivity index (χ0v) is 75.1. The first kappa shape index (κ1) is 92.5. The van der Waals surface area contributed by atoms with Crippen LogP contribution in [0.3, 0.4) is 0 Å². The van der Waals surface area contributed by atoms with Crippen LogP contribution in [-0.4, -0.2) is 247 Å². The third-order valence-corrected chi connectivity index (χ3v) is 28.3. The predicted molar refractivity (Wildman–Crippen MR) is 492 cm³/mol. The molecule has 1 spiro atoms. The molecule has 0 amide bonds. The Bertz CT molecular complexity index is 6860. The standard InChI is InChI=1S/C21H24FN3O4.C20H21F2N3O4.C19H22FN3O4.C18H20FN3O4.C17H18FN3O3/c1-29-20-17-13(19(26)14(21(27)28)9-25(17)12-4-5-12)7-15(22)18(20)24-8-11-3-2-6-23-16(11)10-24;1-29-18-15-9(17(26)10(19(27)28)6-25(15)13-5-11(13)21)4-12(22)16(18)24-7-14(23)20(8-24)2-3-20;1-10-8-22(6-5-21-10)16-14(20)7-12-15(18(16)27-2)23(11-3-4-11)9-13(17(12)24)19(25)26;1-10-9-26-17-14-11(16(23)12(18(24)25)8-22(10)14)7-13(19)15(17)21-5-3-20(2)4-6-21;18-13-7-11-14(8-15(13)20-5-3-19-4-6-20)21(10-1-2-10)9-12(16(11)22)17(23)24/h7,9,11-12,16,23H,2-6,8,10H2,1H3,(H,27,28);4,6,11,13-14H,2-3,5,7-8,23H2,1H3,(H,27,28);7,9-11,21H,3-6,8H2,1-2H3,(H,25,26);7-8,10H,3-6,9H2,1-2H3,(H,24,25);7-10,19H,1-6H2,(H,23,24)/t11-,16+;11-,13+,14+;;10-;/m00.0./s1. The van der Waals surface area contributed by atoms with Crippen LogP contribution in [0.2, 0.25) is 0 Å². The minimum Gasteiger partial charge on any atom is -0.492 e. The van der Waals surface area contributed by atoms with Crippen LogP contribution in [0.4, 0.5) is 54.8 Å². The van der Waals surface area contributed by atoms with Gasteiger partial charge in [-0.05, 0) is 134 Å². The minimum atomic E-state index is -1.44. The molecule has 5 aromatic carbocycles. The average Bonchev–Trinajstić information content (AvgIpc) is 1.55. The molecule has 11 fully saturated rings. The van der Waals surface area contributed by atoms with Crippen LogP contribution in [0.15, 0.2) is 91.4 Å². The van der Waals surface area contributed by atoms with Crippen molar-refractivity contribution in [2.75, 3.05) is 164 Å². The van der Waals surface area contributed by atoms with Crippen LogP contribution in [0.25, 0.3) is 54.5 Å². The summed E-state index contributed by atoms with van der Waals surface area (Å²) in [5.74, 6) is -7.97. The number of fused-ring (bicyclic) bond motifs is 5. The molecule has 12 aliphatic rings. The van der Waals surface area contributed by atoms with E-state index >= 15 is 13.2 Å². The normalized spacial score (nSPS) is 22.1. The number of piperazine rings is 3. The van der Waals surface area contributed by atoms with Crippen molar-refractivity contribution in [3.8, 4) is 23.0 Å². The maximum absolute atomic E-state index is 15.3. The largest absolute Gasteiger partial charge is 0.492 e. The van der Waals surface area contributed by atoms with E-state index in [9.17, 15) is 86.6 Å². The highest BCUT2D eigenvalue weighted by Gasteiger charge is 2.55. The number of carboxylic acids is 5. The molecule has 7 aliphatic heterocycles. The number of ether oxygens (including phenoxy) is 4. The number of likely N-dealkylation sites (N-methyl/N-ethyl adjacent to an activating group) is 1. The zero-order valence-electron chi connectivity index (χ0n) is 75.1. The molecule has 5 saturated carbocycles. The Hall–Kier alpha value is -12.9. The first-order valence-corrected chi connectivity index (χ1v) is 45.6. The molecule has 135 heavy (non-hydrogen) atoms. The molecule has 22 rings (SSSR count). The quantitative estimate of drug-likeness (QED) is 0.0383. The number of carboxylic acid groups (broad SMARTS) is 5. The van der Waals surface area contributed by atoms with Crippen LogP contribution >= 0.6 is 0 Å². The molecule has 0 radical (unpaired) electrons. The van der Waals surface area contributed by atoms with Crippen molar-refractivity contribution in [1.82, 2.24) is 43.7 Å². The first-order valence-electron chi connectivity index (χ1n) is 45.6. The summed E-state index contributed by atoms with van der Waals surface area (Å²) in [4.78, 5) is 132. The lowest BCUT2D eigenvalue weighted by molar-refractivity contribution is 0.0683. The second kappa shape index (κ2) is 36.4. The van der Waals surface area contributed by atoms with E-state index < -0.39 is 104 Å². The number of carbonyl (C=O) groups is 5. The van der Waals surface area contributed by atoms with Crippen LogP contribution in [0, 0.1) is 40.4 Å². The van der Waals surface area contributed by atoms with Gasteiger partial charge in [-0.15, -0.1) is 0 Å². The number of methoxy groups -OCH3 is 3. The second-order valence-electron chi connectivity index (χ2n) is 37.3. The van der Waals surface area contributed by atoms with Gasteiger partial charge in [-0.25, -0.2) is 50.3 Å². The van der Waals surface area contributed by atoms with E-state index in [1.807, 2.05) is 50.0 Å². The van der Waals surface area contributed by atoms with E-state index in [-0.39, 0.29) is 121 Å². The number of piperidine rings is 1. The fourth-order valence-electron chi connectivity index (χ4n) is 20.5. The smallest absolute Gasteiger partial charge is 0.341 e. The number of aromatic nitrogens is 5. The Morgan fingerprint density at radius 3 is 1.35 bits per heavy atom. The molecule has 12 heterocycles. The van der Waals surface area contributed by atoms with Crippen LogP contribution in [0.5, 0.6) is 23.0 Å². The van der Waals surface area contributed by atoms with E-state index in [1.54, 1.807) is 19.8 Å². The molecule has 7 atom stereocenters. The van der Waals surface area contributed by atoms with Crippen molar-refractivity contribution in [2.45, 2.75) is 139 Å². The lowest BCUT2D eigenvalue weighted by atomic mass is 9.94. The van der Waals surface area contributed by atoms with E-state index in [0.717, 1.165) is 134 Å². The van der Waals surface area contributed by atoms with Gasteiger partial charge in [-0.1, -0.05) is 0 Å². The highest BCUT2D eigenvalue weighted by molar-refractivity contribution is 6.02. The van der Waals surface area contributed by atoms with E-state index in [2.05, 4.69) is 20.9 Å². The molecule has 5 aromatic heterocycles. The number of pyridine rings is 5. The highest BCUT2D eigenvalue weighted by atomic mass is 19.2. The molecule has 5 aliphatic carbocycles. The average molecular weight is 1870 g/mol. The van der Waals surface area contributed by atoms with Crippen LogP contribution in [0.1, 0.15) is 166 Å². The first-order chi connectivity index (χ1) is 64.6. The molecule has 10 aromatic rings. The predicted octanol–water partition coefficient (Wildman–Crippen LogP) is 9.54. The number of hydrogen-bond donors (Lipinski definition) is 9. The van der Waals surface area contributed by atoms with Crippen LogP contribution in [-0.2, 0) is 0 Å². The van der Waals surface area contributed by atoms with Crippen molar-refractivity contribution < 1.29 is 94.8 Å². The maximum Gasteiger partial charge on any atom is 0.341 e. The molecular weight excluding hydrogens is 1770 g/mol. The molecule has 6 saturated heterocycles. The van der Waals surface area contributed by atoms with Crippen molar-refractivity contribution in [2.24, 2.45) is 17.1 Å². The van der Waals surface area contributed by atoms with Gasteiger partial charge in [-0.3, -0.25) is 24.0 Å². The lowest BCUT2D eigenvalue weighted by Crippen LogP contribution is -2.49. The second-order valence-corrected chi connectivity index (χ2v) is 37.3. The summed E-state index contributed by atoms with van der Waals surface area (Å²) in [6.07, 6.45) is 15.3. The lowest BCUT2D eigenvalue weighted by Gasteiger charge is -2.37. The monoisotopic (exact) mass is 1870 g/mol. The summed E-state index contributed by atoms with van der Waals surface area (Å²) < 4.78 is 120. The maximum atomic E-state index is 15.3. The van der Waals surface area contributed by atoms with E-state index in [4.69, 9.17) is 24.7 Å². The number of halogens is 6. The van der Waals surface area contributed by atoms with Gasteiger partial charge < -0.3 is 118 Å². The highest BCUT2D eigenvalue weighted by Crippen LogP contribution is 2.56. The van der Waals surface area contributed by atoms with Gasteiger partial charge in [0.05, 0.1) is 88.2 Å². The van der Waals surface area contributed by atoms with Gasteiger partial charge in [-0.2, -0.15) is 0 Å². The van der Waals surface area contributed by atoms with Gasteiger partial charge >= 0.3 is 29.8 Å². The van der Waals surface area contributed by atoms with Gasteiger partial charge in [0.25, 0.3) is 0 Å². The summed E-state index contributed by atoms with van der Waals surface area (Å²) >= 11 is 0. The number of nitrogens with one attached hydrogen (secondary N) is 3. The fraction of sp³-hybridized carbons (Fsp3) is 0.474. The number of nitrogens with zero attached hydrogens (tertiary/aromatic N) is 11. The number of alkyl halides is 1. The molecule has 1 unspecified atom stereocenters. The molecule has 10 N–H and O–H groups in total. The number of benzene rings is 5. The summed E-state index contributed by atoms with van der Waals surface area (Å²) in [6, 6.07) is 7.48.